The smallest absolute Gasteiger partial charge is 0.0889 e. The molecule has 2 heteroatoms. The maximum absolute atomic E-state index is 3.96. The number of nitrogens with zero attached hydrogens (tertiary/aromatic N) is 1. The summed E-state index contributed by atoms with van der Waals surface area (Å²) in [4.78, 5) is 3.96. The molecule has 57 valence electrons. The van der Waals surface area contributed by atoms with Crippen molar-refractivity contribution >= 4 is 0 Å². The van der Waals surface area contributed by atoms with Gasteiger partial charge in [0.1, 0.15) is 0 Å². The number of fused-ring (bicyclic) bond motifs is 1. The van der Waals surface area contributed by atoms with Crippen LogP contribution < -0.4 is 5.32 Å². The highest BCUT2D eigenvalue weighted by Gasteiger charge is 2.12. The number of nitrogens with one attached hydrogen (secondary N) is 1. The molecule has 1 aliphatic heterocycles. The van der Waals surface area contributed by atoms with Gasteiger partial charge in [-0.25, -0.2) is 0 Å². The molecule has 11 heavy (non-hydrogen) atoms. The predicted octanol–water partition coefficient (Wildman–Crippen LogP) is 0.916. The van der Waals surface area contributed by atoms with Gasteiger partial charge in [-0.2, -0.15) is 0 Å². The maximum atomic E-state index is 3.96. The van der Waals surface area contributed by atoms with Gasteiger partial charge in [0.2, 0.25) is 0 Å². The third-order valence-electron chi connectivity index (χ3n) is 2.11. The Kier molecular flexibility index (Phi) is 1.62. The minimum absolute atomic E-state index is 0.596. The standard InChI is InChI=1S/C9H11N2/c1-7-4-8-2-3-10-5-9(8)6-11-7/h2,5,7,11H,4,6H2,1H3. The molecule has 1 radical (unpaired) electrons. The van der Waals surface area contributed by atoms with Crippen molar-refractivity contribution in [1.29, 1.82) is 0 Å². The highest BCUT2D eigenvalue weighted by atomic mass is 14.9. The van der Waals surface area contributed by atoms with E-state index >= 15 is 0 Å². The second kappa shape index (κ2) is 2.62. The van der Waals surface area contributed by atoms with Gasteiger partial charge in [-0.1, -0.05) is 0 Å². The molecule has 0 spiro atoms. The Bertz CT molecular complexity index is 257. The summed E-state index contributed by atoms with van der Waals surface area (Å²) >= 11 is 0. The van der Waals surface area contributed by atoms with Crippen LogP contribution in [0.3, 0.4) is 0 Å². The van der Waals surface area contributed by atoms with Gasteiger partial charge in [-0.15, -0.1) is 0 Å². The fraction of sp³-hybridized carbons (Fsp3) is 0.444. The van der Waals surface area contributed by atoms with Gasteiger partial charge >= 0.3 is 0 Å². The fourth-order valence-electron chi connectivity index (χ4n) is 1.44. The molecule has 1 atom stereocenters. The highest BCUT2D eigenvalue weighted by molar-refractivity contribution is 5.25. The Morgan fingerprint density at radius 1 is 1.64 bits per heavy atom. The zero-order chi connectivity index (χ0) is 7.68. The molecule has 0 aliphatic carbocycles. The van der Waals surface area contributed by atoms with E-state index in [1.165, 1.54) is 11.1 Å². The molecular weight excluding hydrogens is 136 g/mol. The lowest BCUT2D eigenvalue weighted by Crippen LogP contribution is -2.32. The third-order valence-corrected chi connectivity index (χ3v) is 2.11. The molecule has 0 amide bonds. The minimum Gasteiger partial charge on any atom is -0.310 e. The molecule has 1 aliphatic rings. The molecular formula is C9H11N2. The summed E-state index contributed by atoms with van der Waals surface area (Å²) in [5.41, 5.74) is 2.72. The Hall–Kier alpha value is -0.890. The summed E-state index contributed by atoms with van der Waals surface area (Å²) in [5, 5.41) is 3.38. The van der Waals surface area contributed by atoms with E-state index in [1.54, 1.807) is 0 Å². The van der Waals surface area contributed by atoms with Crippen LogP contribution in [0.25, 0.3) is 0 Å². The molecule has 1 aromatic rings. The lowest BCUT2D eigenvalue weighted by molar-refractivity contribution is 0.512. The average Bonchev–Trinajstić information content (AvgIpc) is 2.04. The van der Waals surface area contributed by atoms with Crippen LogP contribution in [0.5, 0.6) is 0 Å². The normalized spacial score (nSPS) is 22.8. The first-order chi connectivity index (χ1) is 5.36. The van der Waals surface area contributed by atoms with Gasteiger partial charge in [-0.05, 0) is 30.5 Å². The Labute approximate surface area is 66.7 Å². The molecule has 0 bridgehead atoms. The van der Waals surface area contributed by atoms with E-state index in [2.05, 4.69) is 23.4 Å². The lowest BCUT2D eigenvalue weighted by Gasteiger charge is -2.21. The van der Waals surface area contributed by atoms with Crippen LogP contribution in [0.4, 0.5) is 0 Å². The second-order valence-corrected chi connectivity index (χ2v) is 3.07. The highest BCUT2D eigenvalue weighted by Crippen LogP contribution is 2.13. The molecule has 1 unspecified atom stereocenters. The summed E-state index contributed by atoms with van der Waals surface area (Å²) in [7, 11) is 0. The number of hydrogen-bond donors (Lipinski definition) is 1. The van der Waals surface area contributed by atoms with Crippen molar-refractivity contribution in [3.05, 3.63) is 29.6 Å². The van der Waals surface area contributed by atoms with Crippen molar-refractivity contribution in [2.75, 3.05) is 0 Å². The van der Waals surface area contributed by atoms with E-state index < -0.39 is 0 Å². The summed E-state index contributed by atoms with van der Waals surface area (Å²) in [6, 6.07) is 2.59. The van der Waals surface area contributed by atoms with Gasteiger partial charge in [0.05, 0.1) is 6.20 Å². The molecule has 2 nitrogen and oxygen atoms in total. The summed E-state index contributed by atoms with van der Waals surface area (Å²) in [5.74, 6) is 0. The van der Waals surface area contributed by atoms with Crippen molar-refractivity contribution in [1.82, 2.24) is 10.3 Å². The predicted molar refractivity (Wildman–Crippen MR) is 43.1 cm³/mol. The van der Waals surface area contributed by atoms with E-state index in [9.17, 15) is 0 Å². The zero-order valence-corrected chi connectivity index (χ0v) is 6.59. The average molecular weight is 147 g/mol. The van der Waals surface area contributed by atoms with Crippen LogP contribution in [-0.2, 0) is 13.0 Å². The molecule has 0 saturated heterocycles. The van der Waals surface area contributed by atoms with E-state index in [4.69, 9.17) is 0 Å². The number of pyridine rings is 1. The van der Waals surface area contributed by atoms with Crippen LogP contribution in [0.2, 0.25) is 0 Å². The molecule has 2 rings (SSSR count). The van der Waals surface area contributed by atoms with Gasteiger partial charge in [0.25, 0.3) is 0 Å². The van der Waals surface area contributed by atoms with Crippen molar-refractivity contribution < 1.29 is 0 Å². The maximum Gasteiger partial charge on any atom is 0.0889 e. The topological polar surface area (TPSA) is 24.9 Å². The minimum atomic E-state index is 0.596. The van der Waals surface area contributed by atoms with Crippen LogP contribution >= 0.6 is 0 Å². The van der Waals surface area contributed by atoms with Gasteiger partial charge in [0, 0.05) is 18.8 Å². The molecule has 0 fully saturated rings. The molecule has 2 heterocycles. The number of rotatable bonds is 0. The van der Waals surface area contributed by atoms with Crippen LogP contribution in [0.1, 0.15) is 18.1 Å². The van der Waals surface area contributed by atoms with Crippen molar-refractivity contribution in [2.45, 2.75) is 25.9 Å². The number of aromatic nitrogens is 1. The molecule has 1 N–H and O–H groups in total. The summed E-state index contributed by atoms with van der Waals surface area (Å²) < 4.78 is 0. The SMILES string of the molecule is CC1Cc2c[c]ncc2CN1. The van der Waals surface area contributed by atoms with Crippen molar-refractivity contribution in [3.8, 4) is 0 Å². The third kappa shape index (κ3) is 1.26. The van der Waals surface area contributed by atoms with Crippen LogP contribution in [-0.4, -0.2) is 11.0 Å². The van der Waals surface area contributed by atoms with E-state index in [1.807, 2.05) is 12.3 Å². The van der Waals surface area contributed by atoms with E-state index in [0.717, 1.165) is 13.0 Å². The fourth-order valence-corrected chi connectivity index (χ4v) is 1.44. The monoisotopic (exact) mass is 147 g/mol. The quantitative estimate of drug-likeness (QED) is 0.590. The second-order valence-electron chi connectivity index (χ2n) is 3.07. The first kappa shape index (κ1) is 6.80. The van der Waals surface area contributed by atoms with Gasteiger partial charge in [0.15, 0.2) is 0 Å². The first-order valence-electron chi connectivity index (χ1n) is 3.93. The Balaban J connectivity index is 2.34. The number of hydrogen-bond acceptors (Lipinski definition) is 2. The largest absolute Gasteiger partial charge is 0.310 e. The molecule has 0 aromatic carbocycles. The van der Waals surface area contributed by atoms with Crippen LogP contribution in [0, 0.1) is 6.20 Å². The Morgan fingerprint density at radius 2 is 2.55 bits per heavy atom. The van der Waals surface area contributed by atoms with Crippen molar-refractivity contribution in [3.63, 3.8) is 0 Å². The van der Waals surface area contributed by atoms with E-state index in [-0.39, 0.29) is 0 Å². The first-order valence-corrected chi connectivity index (χ1v) is 3.93. The zero-order valence-electron chi connectivity index (χ0n) is 6.59. The summed E-state index contributed by atoms with van der Waals surface area (Å²) in [6.45, 7) is 3.15. The van der Waals surface area contributed by atoms with Gasteiger partial charge < -0.3 is 5.32 Å². The molecule has 0 saturated carbocycles. The lowest BCUT2D eigenvalue weighted by atomic mass is 9.99. The van der Waals surface area contributed by atoms with Crippen LogP contribution in [0.15, 0.2) is 12.3 Å². The van der Waals surface area contributed by atoms with Gasteiger partial charge in [-0.3, -0.25) is 4.98 Å². The van der Waals surface area contributed by atoms with E-state index in [0.29, 0.717) is 6.04 Å². The van der Waals surface area contributed by atoms with Crippen molar-refractivity contribution in [2.24, 2.45) is 0 Å². The summed E-state index contributed by atoms with van der Waals surface area (Å²) in [6.07, 6.45) is 5.87. The molecule has 1 aromatic heterocycles. The Morgan fingerprint density at radius 3 is 3.45 bits per heavy atom.